The molecule has 1 aromatic carbocycles. The van der Waals surface area contributed by atoms with Gasteiger partial charge in [-0.1, -0.05) is 12.1 Å². The van der Waals surface area contributed by atoms with Gasteiger partial charge in [-0.3, -0.25) is 9.59 Å². The first-order valence-corrected chi connectivity index (χ1v) is 10.3. The summed E-state index contributed by atoms with van der Waals surface area (Å²) in [6.07, 6.45) is 0. The minimum Gasteiger partial charge on any atom is -0.344 e. The average molecular weight is 423 g/mol. The van der Waals surface area contributed by atoms with Crippen molar-refractivity contribution in [2.45, 2.75) is 27.3 Å². The number of carbonyl (C=O) groups is 1. The van der Waals surface area contributed by atoms with Crippen LogP contribution in [-0.2, 0) is 20.6 Å². The van der Waals surface area contributed by atoms with Crippen molar-refractivity contribution in [3.8, 4) is 10.6 Å². The molecule has 3 heterocycles. The number of aromatic nitrogens is 5. The number of para-hydroxylation sites is 2. The first-order chi connectivity index (χ1) is 14.3. The van der Waals surface area contributed by atoms with Gasteiger partial charge in [-0.2, -0.15) is 5.10 Å². The summed E-state index contributed by atoms with van der Waals surface area (Å²) >= 11 is 1.22. The predicted molar refractivity (Wildman–Crippen MR) is 117 cm³/mol. The van der Waals surface area contributed by atoms with E-state index in [0.29, 0.717) is 27.7 Å². The van der Waals surface area contributed by atoms with E-state index < -0.39 is 0 Å². The van der Waals surface area contributed by atoms with Crippen molar-refractivity contribution in [3.63, 3.8) is 0 Å². The van der Waals surface area contributed by atoms with Crippen molar-refractivity contribution < 1.29 is 4.79 Å². The summed E-state index contributed by atoms with van der Waals surface area (Å²) in [5.74, 6) is 0.532. The highest BCUT2D eigenvalue weighted by atomic mass is 32.1. The molecule has 1 amide bonds. The topological polar surface area (TPSA) is 94.7 Å². The summed E-state index contributed by atoms with van der Waals surface area (Å²) in [7, 11) is 3.54. The van der Waals surface area contributed by atoms with E-state index in [2.05, 4.69) is 20.4 Å². The molecule has 0 aliphatic carbocycles. The fourth-order valence-electron chi connectivity index (χ4n) is 3.41. The van der Waals surface area contributed by atoms with Gasteiger partial charge in [0.2, 0.25) is 0 Å². The lowest BCUT2D eigenvalue weighted by atomic mass is 10.1. The summed E-state index contributed by atoms with van der Waals surface area (Å²) in [6.45, 7) is 5.77. The van der Waals surface area contributed by atoms with Crippen LogP contribution in [0.1, 0.15) is 32.4 Å². The third kappa shape index (κ3) is 3.30. The van der Waals surface area contributed by atoms with Crippen LogP contribution in [0.15, 0.2) is 29.1 Å². The molecule has 3 aromatic heterocycles. The van der Waals surface area contributed by atoms with Crippen LogP contribution in [0.3, 0.4) is 0 Å². The van der Waals surface area contributed by atoms with Gasteiger partial charge in [-0.25, -0.2) is 14.6 Å². The summed E-state index contributed by atoms with van der Waals surface area (Å²) in [5.41, 5.74) is 4.29. The maximum absolute atomic E-state index is 12.8. The van der Waals surface area contributed by atoms with Crippen molar-refractivity contribution in [2.75, 3.05) is 0 Å². The van der Waals surface area contributed by atoms with Gasteiger partial charge in [0, 0.05) is 14.1 Å². The van der Waals surface area contributed by atoms with Crippen molar-refractivity contribution in [3.05, 3.63) is 62.3 Å². The average Bonchev–Trinajstić information content (AvgIpc) is 3.25. The summed E-state index contributed by atoms with van der Waals surface area (Å²) in [5, 5.41) is 7.66. The maximum Gasteiger partial charge on any atom is 0.277 e. The lowest BCUT2D eigenvalue weighted by Gasteiger charge is -2.07. The van der Waals surface area contributed by atoms with Gasteiger partial charge < -0.3 is 9.88 Å². The van der Waals surface area contributed by atoms with Gasteiger partial charge >= 0.3 is 0 Å². The molecule has 0 saturated heterocycles. The van der Waals surface area contributed by atoms with Gasteiger partial charge in [0.15, 0.2) is 0 Å². The molecule has 9 heteroatoms. The molecule has 8 nitrogen and oxygen atoms in total. The van der Waals surface area contributed by atoms with Gasteiger partial charge in [-0.15, -0.1) is 11.3 Å². The van der Waals surface area contributed by atoms with E-state index in [-0.39, 0.29) is 11.5 Å². The minimum absolute atomic E-state index is 0.224. The second kappa shape index (κ2) is 7.49. The van der Waals surface area contributed by atoms with E-state index in [9.17, 15) is 9.59 Å². The van der Waals surface area contributed by atoms with E-state index in [1.807, 2.05) is 49.7 Å². The third-order valence-corrected chi connectivity index (χ3v) is 6.40. The number of nitrogens with one attached hydrogen (secondary N) is 1. The number of benzene rings is 1. The molecule has 154 valence electrons. The first-order valence-electron chi connectivity index (χ1n) is 9.48. The van der Waals surface area contributed by atoms with E-state index in [4.69, 9.17) is 0 Å². The number of thiazole rings is 1. The SMILES string of the molecule is Cc1nc(-c2c(C)c(C)nn(C)c2=O)sc1C(=O)NCc1nc2ccccc2n1C. The highest BCUT2D eigenvalue weighted by Gasteiger charge is 2.21. The third-order valence-electron chi connectivity index (χ3n) is 5.23. The van der Waals surface area contributed by atoms with Crippen LogP contribution in [0.25, 0.3) is 21.6 Å². The molecule has 0 fully saturated rings. The second-order valence-electron chi connectivity index (χ2n) is 7.21. The van der Waals surface area contributed by atoms with E-state index in [0.717, 1.165) is 28.1 Å². The zero-order valence-corrected chi connectivity index (χ0v) is 18.3. The Hall–Kier alpha value is -3.33. The standard InChI is InChI=1S/C21H22N6O2S/c1-11-12(2)25-27(5)21(29)17(11)20-23-13(3)18(30-20)19(28)22-10-16-24-14-8-6-7-9-15(14)26(16)4/h6-9H,10H2,1-5H3,(H,22,28). The number of imidazole rings is 1. The Kier molecular flexibility index (Phi) is 4.98. The monoisotopic (exact) mass is 422 g/mol. The van der Waals surface area contributed by atoms with Crippen LogP contribution in [0, 0.1) is 20.8 Å². The summed E-state index contributed by atoms with van der Waals surface area (Å²) < 4.78 is 3.27. The molecule has 1 N–H and O–H groups in total. The maximum atomic E-state index is 12.8. The van der Waals surface area contributed by atoms with Gasteiger partial charge in [0.1, 0.15) is 15.7 Å². The molecule has 0 atom stereocenters. The Morgan fingerprint density at radius 3 is 2.57 bits per heavy atom. The molecule has 0 spiro atoms. The number of fused-ring (bicyclic) bond motifs is 1. The lowest BCUT2D eigenvalue weighted by Crippen LogP contribution is -2.24. The number of hydrogen-bond acceptors (Lipinski definition) is 6. The number of aryl methyl sites for hydroxylation is 4. The van der Waals surface area contributed by atoms with Crippen LogP contribution < -0.4 is 10.9 Å². The minimum atomic E-state index is -0.233. The second-order valence-corrected chi connectivity index (χ2v) is 8.21. The molecular weight excluding hydrogens is 400 g/mol. The van der Waals surface area contributed by atoms with Crippen LogP contribution in [0.5, 0.6) is 0 Å². The van der Waals surface area contributed by atoms with Crippen LogP contribution in [0.4, 0.5) is 0 Å². The molecule has 4 aromatic rings. The Bertz CT molecular complexity index is 1350. The smallest absolute Gasteiger partial charge is 0.277 e. The summed E-state index contributed by atoms with van der Waals surface area (Å²) in [6, 6.07) is 7.83. The molecule has 30 heavy (non-hydrogen) atoms. The number of nitrogens with zero attached hydrogens (tertiary/aromatic N) is 5. The van der Waals surface area contributed by atoms with E-state index in [1.165, 1.54) is 16.0 Å². The van der Waals surface area contributed by atoms with E-state index >= 15 is 0 Å². The largest absolute Gasteiger partial charge is 0.344 e. The van der Waals surface area contributed by atoms with Crippen molar-refractivity contribution in [1.82, 2.24) is 29.6 Å². The lowest BCUT2D eigenvalue weighted by molar-refractivity contribution is 0.0953. The highest BCUT2D eigenvalue weighted by molar-refractivity contribution is 7.17. The highest BCUT2D eigenvalue weighted by Crippen LogP contribution is 2.28. The van der Waals surface area contributed by atoms with Crippen LogP contribution >= 0.6 is 11.3 Å². The number of carbonyl (C=O) groups excluding carboxylic acids is 1. The van der Waals surface area contributed by atoms with Crippen LogP contribution in [0.2, 0.25) is 0 Å². The van der Waals surface area contributed by atoms with Gasteiger partial charge in [0.05, 0.1) is 34.5 Å². The Balaban J connectivity index is 1.61. The zero-order valence-electron chi connectivity index (χ0n) is 17.5. The molecule has 0 aliphatic rings. The fraction of sp³-hybridized carbons (Fsp3) is 0.286. The molecule has 0 bridgehead atoms. The van der Waals surface area contributed by atoms with E-state index in [1.54, 1.807) is 14.0 Å². The summed E-state index contributed by atoms with van der Waals surface area (Å²) in [4.78, 5) is 35.0. The molecule has 0 unspecified atom stereocenters. The predicted octanol–water partition coefficient (Wildman–Crippen LogP) is 2.65. The molecule has 0 radical (unpaired) electrons. The first kappa shape index (κ1) is 20.0. The van der Waals surface area contributed by atoms with Crippen molar-refractivity contribution in [2.24, 2.45) is 14.1 Å². The van der Waals surface area contributed by atoms with Crippen LogP contribution in [-0.4, -0.2) is 30.2 Å². The Labute approximate surface area is 177 Å². The van der Waals surface area contributed by atoms with Gasteiger partial charge in [0.25, 0.3) is 11.5 Å². The Morgan fingerprint density at radius 2 is 1.83 bits per heavy atom. The van der Waals surface area contributed by atoms with Crippen molar-refractivity contribution in [1.29, 1.82) is 0 Å². The fourth-order valence-corrected chi connectivity index (χ4v) is 4.48. The molecule has 4 rings (SSSR count). The number of rotatable bonds is 4. The molecular formula is C21H22N6O2S. The van der Waals surface area contributed by atoms with Gasteiger partial charge in [-0.05, 0) is 38.5 Å². The Morgan fingerprint density at radius 1 is 1.10 bits per heavy atom. The number of hydrogen-bond donors (Lipinski definition) is 1. The van der Waals surface area contributed by atoms with Crippen molar-refractivity contribution >= 4 is 28.3 Å². The normalized spacial score (nSPS) is 11.2. The zero-order chi connectivity index (χ0) is 21.6. The quantitative estimate of drug-likeness (QED) is 0.546. The number of amides is 1. The molecule has 0 aliphatic heterocycles. The molecule has 0 saturated carbocycles.